The van der Waals surface area contributed by atoms with Crippen molar-refractivity contribution in [2.24, 2.45) is 0 Å². The lowest BCUT2D eigenvalue weighted by atomic mass is 10.3. The Morgan fingerprint density at radius 3 is 1.78 bits per heavy atom. The summed E-state index contributed by atoms with van der Waals surface area (Å²) in [5.41, 5.74) is 0. The number of benzene rings is 1. The van der Waals surface area contributed by atoms with E-state index in [1.165, 1.54) is 14.2 Å². The van der Waals surface area contributed by atoms with Gasteiger partial charge in [-0.05, 0) is 26.0 Å². The van der Waals surface area contributed by atoms with Gasteiger partial charge in [0, 0.05) is 0 Å². The van der Waals surface area contributed by atoms with Crippen LogP contribution in [-0.4, -0.2) is 27.4 Å². The van der Waals surface area contributed by atoms with Crippen LogP contribution in [0.5, 0.6) is 11.5 Å². The summed E-state index contributed by atoms with van der Waals surface area (Å²) < 4.78 is 33.8. The molecule has 102 valence electrons. The fraction of sp³-hybridized carbons (Fsp3) is 0.500. The van der Waals surface area contributed by atoms with Crippen molar-refractivity contribution in [2.45, 2.75) is 13.8 Å². The van der Waals surface area contributed by atoms with Crippen molar-refractivity contribution in [3.8, 4) is 11.5 Å². The van der Waals surface area contributed by atoms with Crippen LogP contribution < -0.4 is 14.8 Å². The van der Waals surface area contributed by atoms with Crippen molar-refractivity contribution >= 4 is 12.9 Å². The van der Waals surface area contributed by atoms with Gasteiger partial charge in [-0.2, -0.15) is 0 Å². The summed E-state index contributed by atoms with van der Waals surface area (Å²) in [6.07, 6.45) is 0. The maximum atomic E-state index is 12.8. The molecule has 0 saturated carbocycles. The van der Waals surface area contributed by atoms with Gasteiger partial charge in [0.15, 0.2) is 0 Å². The van der Waals surface area contributed by atoms with Crippen molar-refractivity contribution in [3.05, 3.63) is 18.2 Å². The second-order valence-corrected chi connectivity index (χ2v) is 5.30. The Hall–Kier alpha value is -1.03. The molecule has 0 bridgehead atoms. The van der Waals surface area contributed by atoms with Crippen molar-refractivity contribution < 1.29 is 23.1 Å². The number of hydrogen-bond donors (Lipinski definition) is 0. The number of ether oxygens (including phenoxy) is 2. The van der Waals surface area contributed by atoms with Crippen LogP contribution in [0.15, 0.2) is 18.2 Å². The molecule has 0 aromatic heterocycles. The highest BCUT2D eigenvalue weighted by atomic mass is 31.2. The van der Waals surface area contributed by atoms with Gasteiger partial charge in [0.2, 0.25) is 0 Å². The van der Waals surface area contributed by atoms with Crippen LogP contribution in [0.3, 0.4) is 0 Å². The van der Waals surface area contributed by atoms with E-state index in [1.54, 1.807) is 32.0 Å². The zero-order chi connectivity index (χ0) is 13.6. The smallest absolute Gasteiger partial charge is 0.368 e. The summed E-state index contributed by atoms with van der Waals surface area (Å²) >= 11 is 0. The molecule has 0 fully saturated rings. The molecule has 1 aromatic carbocycles. The highest BCUT2D eigenvalue weighted by Crippen LogP contribution is 2.51. The predicted molar refractivity (Wildman–Crippen MR) is 70.0 cm³/mol. The van der Waals surface area contributed by atoms with Crippen molar-refractivity contribution in [1.29, 1.82) is 0 Å². The summed E-state index contributed by atoms with van der Waals surface area (Å²) in [5.74, 6) is 0.860. The first-order valence-electron chi connectivity index (χ1n) is 5.73. The van der Waals surface area contributed by atoms with Crippen LogP contribution in [-0.2, 0) is 13.6 Å². The standard InChI is InChI=1S/C12H19O5P/c1-5-16-18(13,17-6-2)12-10(14-3)8-7-9-11(12)15-4/h7-9H,5-6H2,1-4H3. The summed E-state index contributed by atoms with van der Waals surface area (Å²) in [7, 11) is -0.429. The normalized spacial score (nSPS) is 11.3. The fourth-order valence-electron chi connectivity index (χ4n) is 1.61. The Bertz CT molecular complexity index is 400. The Morgan fingerprint density at radius 2 is 1.44 bits per heavy atom. The topological polar surface area (TPSA) is 54.0 Å². The van der Waals surface area contributed by atoms with Gasteiger partial charge < -0.3 is 18.5 Å². The second-order valence-electron chi connectivity index (χ2n) is 3.34. The molecule has 0 radical (unpaired) electrons. The van der Waals surface area contributed by atoms with E-state index >= 15 is 0 Å². The number of hydrogen-bond acceptors (Lipinski definition) is 5. The summed E-state index contributed by atoms with van der Waals surface area (Å²) in [5, 5.41) is 0.332. The van der Waals surface area contributed by atoms with Gasteiger partial charge in [0.25, 0.3) is 0 Å². The summed E-state index contributed by atoms with van der Waals surface area (Å²) in [6, 6.07) is 5.15. The maximum absolute atomic E-state index is 12.8. The lowest BCUT2D eigenvalue weighted by molar-refractivity contribution is 0.228. The Balaban J connectivity index is 3.38. The molecule has 1 rings (SSSR count). The van der Waals surface area contributed by atoms with Crippen LogP contribution in [0, 0.1) is 0 Å². The third-order valence-corrected chi connectivity index (χ3v) is 4.46. The molecule has 0 N–H and O–H groups in total. The van der Waals surface area contributed by atoms with Crippen LogP contribution in [0.25, 0.3) is 0 Å². The van der Waals surface area contributed by atoms with Crippen LogP contribution in [0.4, 0.5) is 0 Å². The zero-order valence-corrected chi connectivity index (χ0v) is 12.0. The molecular weight excluding hydrogens is 255 g/mol. The monoisotopic (exact) mass is 274 g/mol. The molecule has 0 atom stereocenters. The van der Waals surface area contributed by atoms with E-state index in [0.717, 1.165) is 0 Å². The van der Waals surface area contributed by atoms with E-state index in [0.29, 0.717) is 16.8 Å². The molecule has 0 spiro atoms. The number of methoxy groups -OCH3 is 2. The van der Waals surface area contributed by atoms with Gasteiger partial charge in [-0.3, -0.25) is 4.57 Å². The van der Waals surface area contributed by atoms with E-state index in [9.17, 15) is 4.57 Å². The quantitative estimate of drug-likeness (QED) is 0.715. The van der Waals surface area contributed by atoms with E-state index in [4.69, 9.17) is 18.5 Å². The maximum Gasteiger partial charge on any atom is 0.368 e. The molecule has 0 unspecified atom stereocenters. The minimum absolute atomic E-state index is 0.276. The van der Waals surface area contributed by atoms with E-state index in [-0.39, 0.29) is 13.2 Å². The highest BCUT2D eigenvalue weighted by molar-refractivity contribution is 7.62. The zero-order valence-electron chi connectivity index (χ0n) is 11.1. The van der Waals surface area contributed by atoms with Gasteiger partial charge in [-0.25, -0.2) is 0 Å². The molecule has 0 saturated heterocycles. The minimum atomic E-state index is -3.43. The van der Waals surface area contributed by atoms with E-state index in [1.807, 2.05) is 0 Å². The van der Waals surface area contributed by atoms with Gasteiger partial charge in [0.05, 0.1) is 27.4 Å². The first-order valence-corrected chi connectivity index (χ1v) is 7.27. The third-order valence-electron chi connectivity index (χ3n) is 2.27. The van der Waals surface area contributed by atoms with Crippen LogP contribution in [0.2, 0.25) is 0 Å². The Morgan fingerprint density at radius 1 is 1.00 bits per heavy atom. The van der Waals surface area contributed by atoms with E-state index in [2.05, 4.69) is 0 Å². The average Bonchev–Trinajstić information content (AvgIpc) is 2.38. The van der Waals surface area contributed by atoms with Crippen LogP contribution >= 0.6 is 7.60 Å². The second kappa shape index (κ2) is 6.78. The lowest BCUT2D eigenvalue weighted by Crippen LogP contribution is -2.16. The molecule has 0 aliphatic carbocycles. The molecule has 0 amide bonds. The van der Waals surface area contributed by atoms with Crippen LogP contribution in [0.1, 0.15) is 13.8 Å². The Labute approximate surface area is 108 Å². The molecule has 0 aliphatic heterocycles. The molecule has 18 heavy (non-hydrogen) atoms. The van der Waals surface area contributed by atoms with Gasteiger partial charge >= 0.3 is 7.60 Å². The molecule has 0 aliphatic rings. The number of rotatable bonds is 7. The molecule has 0 heterocycles. The highest BCUT2D eigenvalue weighted by Gasteiger charge is 2.34. The first-order chi connectivity index (χ1) is 8.62. The van der Waals surface area contributed by atoms with Gasteiger partial charge in [0.1, 0.15) is 16.8 Å². The molecule has 1 aromatic rings. The predicted octanol–water partition coefficient (Wildman–Crippen LogP) is 2.60. The van der Waals surface area contributed by atoms with Crippen molar-refractivity contribution in [2.75, 3.05) is 27.4 Å². The summed E-state index contributed by atoms with van der Waals surface area (Å²) in [4.78, 5) is 0. The van der Waals surface area contributed by atoms with Gasteiger partial charge in [-0.15, -0.1) is 0 Å². The molecule has 5 nitrogen and oxygen atoms in total. The minimum Gasteiger partial charge on any atom is -0.496 e. The largest absolute Gasteiger partial charge is 0.496 e. The molecular formula is C12H19O5P. The SMILES string of the molecule is CCOP(=O)(OCC)c1c(OC)cccc1OC. The third kappa shape index (κ3) is 3.05. The summed E-state index contributed by atoms with van der Waals surface area (Å²) in [6.45, 7) is 4.07. The fourth-order valence-corrected chi connectivity index (χ4v) is 3.49. The van der Waals surface area contributed by atoms with Crippen molar-refractivity contribution in [1.82, 2.24) is 0 Å². The first kappa shape index (κ1) is 15.0. The van der Waals surface area contributed by atoms with Crippen molar-refractivity contribution in [3.63, 3.8) is 0 Å². The van der Waals surface area contributed by atoms with E-state index < -0.39 is 7.60 Å². The average molecular weight is 274 g/mol. The van der Waals surface area contributed by atoms with Gasteiger partial charge in [-0.1, -0.05) is 6.07 Å². The molecule has 6 heteroatoms. The Kier molecular flexibility index (Phi) is 5.66. The lowest BCUT2D eigenvalue weighted by Gasteiger charge is -2.21.